The third-order valence-corrected chi connectivity index (χ3v) is 3.19. The summed E-state index contributed by atoms with van der Waals surface area (Å²) in [6.07, 6.45) is -0.850. The number of rotatable bonds is 4. The van der Waals surface area contributed by atoms with E-state index in [-0.39, 0.29) is 5.56 Å². The van der Waals surface area contributed by atoms with Gasteiger partial charge in [0.2, 0.25) is 0 Å². The van der Waals surface area contributed by atoms with Crippen LogP contribution in [0.4, 0.5) is 8.78 Å². The van der Waals surface area contributed by atoms with E-state index in [2.05, 4.69) is 31.9 Å². The standard InChI is InChI=1S/C10H10Br2F2/c11-6-2-4-7-3-1-5-8(12)9(7)10(13)14/h1,3,5,10H,2,4,6H2. The predicted molar refractivity (Wildman–Crippen MR) is 61.2 cm³/mol. The summed E-state index contributed by atoms with van der Waals surface area (Å²) >= 11 is 6.44. The van der Waals surface area contributed by atoms with E-state index in [0.29, 0.717) is 10.9 Å². The average molecular weight is 328 g/mol. The first-order valence-electron chi connectivity index (χ1n) is 4.28. The van der Waals surface area contributed by atoms with Crippen molar-refractivity contribution in [2.75, 3.05) is 5.33 Å². The summed E-state index contributed by atoms with van der Waals surface area (Å²) in [5.74, 6) is 0. The van der Waals surface area contributed by atoms with E-state index in [1.54, 1.807) is 18.2 Å². The molecule has 0 N–H and O–H groups in total. The number of halogens is 4. The van der Waals surface area contributed by atoms with Gasteiger partial charge in [-0.1, -0.05) is 44.0 Å². The van der Waals surface area contributed by atoms with Crippen LogP contribution in [0.25, 0.3) is 0 Å². The lowest BCUT2D eigenvalue weighted by Gasteiger charge is -2.09. The Hall–Kier alpha value is 0.0400. The molecule has 0 spiro atoms. The van der Waals surface area contributed by atoms with Crippen molar-refractivity contribution in [2.45, 2.75) is 19.3 Å². The minimum Gasteiger partial charge on any atom is -0.205 e. The van der Waals surface area contributed by atoms with Crippen molar-refractivity contribution in [3.05, 3.63) is 33.8 Å². The molecule has 0 heterocycles. The largest absolute Gasteiger partial charge is 0.265 e. The SMILES string of the molecule is FC(F)c1c(Br)cccc1CCCBr. The third kappa shape index (κ3) is 3.02. The van der Waals surface area contributed by atoms with Crippen LogP contribution in [0.5, 0.6) is 0 Å². The van der Waals surface area contributed by atoms with Crippen molar-refractivity contribution in [1.82, 2.24) is 0 Å². The van der Waals surface area contributed by atoms with Gasteiger partial charge in [-0.05, 0) is 24.5 Å². The molecule has 0 aromatic heterocycles. The number of benzene rings is 1. The number of aryl methyl sites for hydroxylation is 1. The molecular weight excluding hydrogens is 318 g/mol. The number of hydrogen-bond acceptors (Lipinski definition) is 0. The molecule has 0 saturated carbocycles. The second-order valence-corrected chi connectivity index (χ2v) is 4.55. The van der Waals surface area contributed by atoms with Crippen LogP contribution >= 0.6 is 31.9 Å². The van der Waals surface area contributed by atoms with Gasteiger partial charge in [-0.3, -0.25) is 0 Å². The molecule has 0 nitrogen and oxygen atoms in total. The Bertz CT molecular complexity index is 300. The Morgan fingerprint density at radius 3 is 2.57 bits per heavy atom. The maximum atomic E-state index is 12.7. The fraction of sp³-hybridized carbons (Fsp3) is 0.400. The molecule has 1 aromatic carbocycles. The summed E-state index contributed by atoms with van der Waals surface area (Å²) in [6, 6.07) is 5.20. The first-order chi connectivity index (χ1) is 6.66. The topological polar surface area (TPSA) is 0 Å². The van der Waals surface area contributed by atoms with Gasteiger partial charge in [0.05, 0.1) is 0 Å². The molecule has 0 fully saturated rings. The molecule has 4 heteroatoms. The zero-order valence-electron chi connectivity index (χ0n) is 7.44. The lowest BCUT2D eigenvalue weighted by molar-refractivity contribution is 0.149. The first-order valence-corrected chi connectivity index (χ1v) is 6.19. The van der Waals surface area contributed by atoms with Crippen LogP contribution in [-0.4, -0.2) is 5.33 Å². The molecular formula is C10H10Br2F2. The van der Waals surface area contributed by atoms with Gasteiger partial charge in [0, 0.05) is 15.4 Å². The van der Waals surface area contributed by atoms with Gasteiger partial charge in [0.25, 0.3) is 6.43 Å². The Kier molecular flexibility index (Phi) is 5.02. The summed E-state index contributed by atoms with van der Waals surface area (Å²) in [6.45, 7) is 0. The molecule has 14 heavy (non-hydrogen) atoms. The van der Waals surface area contributed by atoms with Gasteiger partial charge in [-0.15, -0.1) is 0 Å². The lowest BCUT2D eigenvalue weighted by atomic mass is 10.0. The van der Waals surface area contributed by atoms with Crippen molar-refractivity contribution in [3.8, 4) is 0 Å². The van der Waals surface area contributed by atoms with Gasteiger partial charge < -0.3 is 0 Å². The van der Waals surface area contributed by atoms with Crippen LogP contribution in [0.3, 0.4) is 0 Å². The summed E-state index contributed by atoms with van der Waals surface area (Å²) in [5, 5.41) is 0.836. The van der Waals surface area contributed by atoms with E-state index in [9.17, 15) is 8.78 Å². The Morgan fingerprint density at radius 1 is 1.29 bits per heavy atom. The van der Waals surface area contributed by atoms with E-state index in [1.165, 1.54) is 0 Å². The highest BCUT2D eigenvalue weighted by atomic mass is 79.9. The maximum absolute atomic E-state index is 12.7. The molecule has 0 aliphatic rings. The Morgan fingerprint density at radius 2 is 2.00 bits per heavy atom. The summed E-state index contributed by atoms with van der Waals surface area (Å²) < 4.78 is 25.8. The molecule has 1 aromatic rings. The van der Waals surface area contributed by atoms with Crippen molar-refractivity contribution in [2.24, 2.45) is 0 Å². The number of alkyl halides is 3. The second-order valence-electron chi connectivity index (χ2n) is 2.91. The normalized spacial score (nSPS) is 10.9. The quantitative estimate of drug-likeness (QED) is 0.702. The molecule has 0 atom stereocenters. The van der Waals surface area contributed by atoms with Crippen molar-refractivity contribution >= 4 is 31.9 Å². The zero-order chi connectivity index (χ0) is 10.6. The van der Waals surface area contributed by atoms with E-state index in [0.717, 1.165) is 17.3 Å². The van der Waals surface area contributed by atoms with Crippen LogP contribution in [0.1, 0.15) is 24.0 Å². The highest BCUT2D eigenvalue weighted by Crippen LogP contribution is 2.31. The number of hydrogen-bond donors (Lipinski definition) is 0. The van der Waals surface area contributed by atoms with E-state index < -0.39 is 6.43 Å². The van der Waals surface area contributed by atoms with Crippen LogP contribution < -0.4 is 0 Å². The van der Waals surface area contributed by atoms with Gasteiger partial charge in [-0.25, -0.2) is 8.78 Å². The Balaban J connectivity index is 2.96. The highest BCUT2D eigenvalue weighted by molar-refractivity contribution is 9.10. The molecule has 0 amide bonds. The summed E-state index contributed by atoms with van der Waals surface area (Å²) in [7, 11) is 0. The molecule has 0 radical (unpaired) electrons. The van der Waals surface area contributed by atoms with Crippen LogP contribution in [0.2, 0.25) is 0 Å². The summed E-state index contributed by atoms with van der Waals surface area (Å²) in [4.78, 5) is 0. The van der Waals surface area contributed by atoms with Gasteiger partial charge in [-0.2, -0.15) is 0 Å². The van der Waals surface area contributed by atoms with Crippen LogP contribution in [0.15, 0.2) is 22.7 Å². The average Bonchev–Trinajstić information content (AvgIpc) is 2.14. The molecule has 78 valence electrons. The molecule has 1 rings (SSSR count). The highest BCUT2D eigenvalue weighted by Gasteiger charge is 2.15. The monoisotopic (exact) mass is 326 g/mol. The molecule has 0 saturated heterocycles. The Labute approximate surface area is 99.0 Å². The van der Waals surface area contributed by atoms with Crippen molar-refractivity contribution in [1.29, 1.82) is 0 Å². The van der Waals surface area contributed by atoms with Gasteiger partial charge in [0.15, 0.2) is 0 Å². The lowest BCUT2D eigenvalue weighted by Crippen LogP contribution is -1.96. The van der Waals surface area contributed by atoms with Gasteiger partial charge in [0.1, 0.15) is 0 Å². The molecule has 0 aliphatic carbocycles. The minimum absolute atomic E-state index is 0.133. The smallest absolute Gasteiger partial charge is 0.205 e. The second kappa shape index (κ2) is 5.81. The first kappa shape index (κ1) is 12.1. The van der Waals surface area contributed by atoms with E-state index >= 15 is 0 Å². The fourth-order valence-electron chi connectivity index (χ4n) is 1.30. The summed E-state index contributed by atoms with van der Waals surface area (Å²) in [5.41, 5.74) is 0.863. The molecule has 0 unspecified atom stereocenters. The maximum Gasteiger partial charge on any atom is 0.265 e. The predicted octanol–water partition coefficient (Wildman–Crippen LogP) is 4.71. The fourth-order valence-corrected chi connectivity index (χ4v) is 2.16. The van der Waals surface area contributed by atoms with Crippen LogP contribution in [-0.2, 0) is 6.42 Å². The van der Waals surface area contributed by atoms with Crippen molar-refractivity contribution < 1.29 is 8.78 Å². The van der Waals surface area contributed by atoms with E-state index in [1.807, 2.05) is 0 Å². The van der Waals surface area contributed by atoms with E-state index in [4.69, 9.17) is 0 Å². The minimum atomic E-state index is -2.41. The van der Waals surface area contributed by atoms with Crippen LogP contribution in [0, 0.1) is 0 Å². The zero-order valence-corrected chi connectivity index (χ0v) is 10.6. The molecule has 0 bridgehead atoms. The molecule has 0 aliphatic heterocycles. The van der Waals surface area contributed by atoms with Crippen molar-refractivity contribution in [3.63, 3.8) is 0 Å². The van der Waals surface area contributed by atoms with Gasteiger partial charge >= 0.3 is 0 Å². The third-order valence-electron chi connectivity index (χ3n) is 1.94.